The van der Waals surface area contributed by atoms with E-state index in [1.165, 1.54) is 10.5 Å². The van der Waals surface area contributed by atoms with Crippen molar-refractivity contribution in [2.24, 2.45) is 0 Å². The first-order valence-corrected chi connectivity index (χ1v) is 6.24. The van der Waals surface area contributed by atoms with Crippen molar-refractivity contribution in [1.82, 2.24) is 14.3 Å². The van der Waals surface area contributed by atoms with Gasteiger partial charge in [0.2, 0.25) is 5.16 Å². The van der Waals surface area contributed by atoms with Crippen LogP contribution in [0.4, 0.5) is 5.69 Å². The first-order valence-electron chi connectivity index (χ1n) is 4.55. The van der Waals surface area contributed by atoms with Gasteiger partial charge in [0.1, 0.15) is 0 Å². The highest BCUT2D eigenvalue weighted by Crippen LogP contribution is 2.12. The molecule has 0 aliphatic heterocycles. The average molecular weight is 228 g/mol. The molecule has 0 saturated carbocycles. The molecule has 0 bridgehead atoms. The summed E-state index contributed by atoms with van der Waals surface area (Å²) in [6.45, 7) is 1.93. The zero-order valence-corrected chi connectivity index (χ0v) is 10.0. The predicted octanol–water partition coefficient (Wildman–Crippen LogP) is 0.173. The maximum Gasteiger partial charge on any atom is 0.224 e. The van der Waals surface area contributed by atoms with Crippen LogP contribution in [0.2, 0.25) is 0 Å². The van der Waals surface area contributed by atoms with Crippen molar-refractivity contribution in [3.63, 3.8) is 0 Å². The molecule has 0 aliphatic rings. The van der Waals surface area contributed by atoms with Crippen LogP contribution < -0.4 is 5.73 Å². The predicted molar refractivity (Wildman–Crippen MR) is 63.0 cm³/mol. The molecule has 0 fully saturated rings. The molecule has 1 heterocycles. The molecule has 0 aromatic carbocycles. The van der Waals surface area contributed by atoms with Gasteiger partial charge in [-0.05, 0) is 26.4 Å². The Kier molecular flexibility index (Phi) is 3.31. The van der Waals surface area contributed by atoms with Gasteiger partial charge in [-0.2, -0.15) is 0 Å². The zero-order valence-electron chi connectivity index (χ0n) is 9.23. The summed E-state index contributed by atoms with van der Waals surface area (Å²) < 4.78 is 13.6. The van der Waals surface area contributed by atoms with Crippen molar-refractivity contribution in [1.29, 1.82) is 0 Å². The lowest BCUT2D eigenvalue weighted by Gasteiger charge is -2.15. The summed E-state index contributed by atoms with van der Waals surface area (Å²) in [5.74, 6) is 3.63. The van der Waals surface area contributed by atoms with Gasteiger partial charge < -0.3 is 5.73 Å². The van der Waals surface area contributed by atoms with Crippen LogP contribution in [0, 0.1) is 0 Å². The van der Waals surface area contributed by atoms with Crippen molar-refractivity contribution in [2.45, 2.75) is 18.5 Å². The van der Waals surface area contributed by atoms with Crippen molar-refractivity contribution in [3.05, 3.63) is 11.9 Å². The van der Waals surface area contributed by atoms with Crippen molar-refractivity contribution in [2.75, 3.05) is 19.8 Å². The highest BCUT2D eigenvalue weighted by molar-refractivity contribution is 7.98. The Morgan fingerprint density at radius 2 is 2.20 bits per heavy atom. The Morgan fingerprint density at radius 3 is 2.67 bits per heavy atom. The van der Waals surface area contributed by atoms with Gasteiger partial charge in [-0.3, -0.25) is 0 Å². The van der Waals surface area contributed by atoms with E-state index in [1.807, 2.05) is 6.92 Å². The molecule has 1 rings (SSSR count). The van der Waals surface area contributed by atoms with Crippen LogP contribution in [0.5, 0.6) is 0 Å². The Hall–Kier alpha value is -1.14. The number of hydrogen-bond donors (Lipinski definition) is 1. The monoisotopic (exact) mass is 228 g/mol. The lowest BCUT2D eigenvalue weighted by atomic mass is 10.3. The maximum absolute atomic E-state index is 12.1. The normalized spacial score (nSPS) is 15.2. The summed E-state index contributed by atoms with van der Waals surface area (Å²) in [5.41, 5.74) is 6.90. The second-order valence-electron chi connectivity index (χ2n) is 3.36. The topological polar surface area (TPSA) is 72.1 Å². The van der Waals surface area contributed by atoms with E-state index in [9.17, 15) is 4.21 Å². The molecule has 1 atom stereocenters. The Balaban J connectivity index is 3.29. The van der Waals surface area contributed by atoms with Crippen molar-refractivity contribution in [3.8, 4) is 0 Å². The van der Waals surface area contributed by atoms with Gasteiger partial charge >= 0.3 is 0 Å². The molecule has 1 aromatic rings. The van der Waals surface area contributed by atoms with E-state index in [2.05, 4.69) is 15.8 Å². The molecule has 6 heteroatoms. The quantitative estimate of drug-likeness (QED) is 0.591. The molecule has 1 unspecified atom stereocenters. The van der Waals surface area contributed by atoms with E-state index in [4.69, 9.17) is 5.73 Å². The number of nitrogens with zero attached hydrogens (tertiary/aromatic N) is 3. The molecule has 0 radical (unpaired) electrons. The van der Waals surface area contributed by atoms with Crippen LogP contribution in [-0.4, -0.2) is 38.4 Å². The van der Waals surface area contributed by atoms with Gasteiger partial charge in [0.25, 0.3) is 0 Å². The zero-order chi connectivity index (χ0) is 11.6. The molecule has 0 amide bonds. The largest absolute Gasteiger partial charge is 0.396 e. The highest BCUT2D eigenvalue weighted by atomic mass is 32.2. The fraction of sp³-hybridized carbons (Fsp3) is 0.444. The van der Waals surface area contributed by atoms with Crippen molar-refractivity contribution < 1.29 is 4.21 Å². The second-order valence-corrected chi connectivity index (χ2v) is 5.74. The van der Waals surface area contributed by atoms with E-state index in [0.717, 1.165) is 0 Å². The minimum Gasteiger partial charge on any atom is -0.396 e. The molecule has 0 spiro atoms. The fourth-order valence-electron chi connectivity index (χ4n) is 1.01. The van der Waals surface area contributed by atoms with E-state index in [0.29, 0.717) is 17.8 Å². The second kappa shape index (κ2) is 4.16. The Labute approximate surface area is 90.5 Å². The molecular formula is C9H16N4OS. The summed E-state index contributed by atoms with van der Waals surface area (Å²) >= 11 is 0. The van der Waals surface area contributed by atoms with Gasteiger partial charge in [-0.1, -0.05) is 6.92 Å². The van der Waals surface area contributed by atoms with E-state index in [-0.39, 0.29) is 5.16 Å². The van der Waals surface area contributed by atoms with E-state index >= 15 is 0 Å². The molecule has 15 heavy (non-hydrogen) atoms. The summed E-state index contributed by atoms with van der Waals surface area (Å²) in [5, 5.41) is 0.235. The Morgan fingerprint density at radius 1 is 1.60 bits per heavy atom. The summed E-state index contributed by atoms with van der Waals surface area (Å²) in [6.07, 6.45) is 2.17. The smallest absolute Gasteiger partial charge is 0.224 e. The standard InChI is InChI=1S/C9H16N4OS/c1-5-8-7(10)6-11-9(12-8)15(4,14)13(2)3/h6H,4-5,10H2,1-3H3. The van der Waals surface area contributed by atoms with Crippen LogP contribution in [-0.2, 0) is 16.1 Å². The molecule has 5 nitrogen and oxygen atoms in total. The number of aryl methyl sites for hydroxylation is 1. The third kappa shape index (κ3) is 2.27. The lowest BCUT2D eigenvalue weighted by Crippen LogP contribution is -2.24. The highest BCUT2D eigenvalue weighted by Gasteiger charge is 2.15. The number of rotatable bonds is 3. The van der Waals surface area contributed by atoms with Crippen molar-refractivity contribution >= 4 is 21.3 Å². The van der Waals surface area contributed by atoms with Gasteiger partial charge in [-0.15, -0.1) is 0 Å². The number of hydrogen-bond acceptors (Lipinski definition) is 4. The summed E-state index contributed by atoms with van der Waals surface area (Å²) in [6, 6.07) is 0. The van der Waals surface area contributed by atoms with Crippen LogP contribution in [0.15, 0.2) is 11.4 Å². The maximum atomic E-state index is 12.1. The number of nitrogens with two attached hydrogens (primary N) is 1. The Bertz CT molecular complexity index is 453. The lowest BCUT2D eigenvalue weighted by molar-refractivity contribution is 0.589. The minimum absolute atomic E-state index is 0.235. The molecule has 84 valence electrons. The van der Waals surface area contributed by atoms with Crippen LogP contribution >= 0.6 is 0 Å². The molecule has 0 aliphatic carbocycles. The molecule has 0 saturated heterocycles. The molecule has 2 N–H and O–H groups in total. The van der Waals surface area contributed by atoms with E-state index < -0.39 is 9.71 Å². The van der Waals surface area contributed by atoms with Crippen LogP contribution in [0.25, 0.3) is 0 Å². The molecule has 1 aromatic heterocycles. The third-order valence-corrected chi connectivity index (χ3v) is 4.03. The average Bonchev–Trinajstić information content (AvgIpc) is 2.18. The van der Waals surface area contributed by atoms with E-state index in [1.54, 1.807) is 14.1 Å². The first-order chi connectivity index (χ1) is 6.89. The van der Waals surface area contributed by atoms with Gasteiger partial charge in [0.05, 0.1) is 27.3 Å². The van der Waals surface area contributed by atoms with Gasteiger partial charge in [-0.25, -0.2) is 18.5 Å². The first kappa shape index (κ1) is 11.9. The number of nitrogen functional groups attached to an aromatic ring is 1. The van der Waals surface area contributed by atoms with Gasteiger partial charge in [0, 0.05) is 0 Å². The summed E-state index contributed by atoms with van der Waals surface area (Å²) in [4.78, 5) is 8.13. The third-order valence-electron chi connectivity index (χ3n) is 2.09. The number of aromatic nitrogens is 2. The SMILES string of the molecule is C=S(=O)(c1ncc(N)c(CC)n1)N(C)C. The number of anilines is 1. The van der Waals surface area contributed by atoms with Gasteiger partial charge in [0.15, 0.2) is 0 Å². The summed E-state index contributed by atoms with van der Waals surface area (Å²) in [7, 11) is 0.792. The van der Waals surface area contributed by atoms with Crippen LogP contribution in [0.1, 0.15) is 12.6 Å². The fourth-order valence-corrected chi connectivity index (χ4v) is 1.81. The molecular weight excluding hydrogens is 212 g/mol. The minimum atomic E-state index is -2.57. The van der Waals surface area contributed by atoms with Crippen LogP contribution in [0.3, 0.4) is 0 Å².